The lowest BCUT2D eigenvalue weighted by Crippen LogP contribution is -1.97. The van der Waals surface area contributed by atoms with Crippen LogP contribution in [0, 0.1) is 12.7 Å². The first kappa shape index (κ1) is 10.7. The second-order valence-electron chi connectivity index (χ2n) is 3.57. The topological polar surface area (TPSA) is 35.2 Å². The van der Waals surface area contributed by atoms with Crippen LogP contribution < -0.4 is 10.5 Å². The maximum absolute atomic E-state index is 13.5. The summed E-state index contributed by atoms with van der Waals surface area (Å²) in [6.07, 6.45) is 0. The van der Waals surface area contributed by atoms with Gasteiger partial charge in [-0.1, -0.05) is 6.07 Å². The van der Waals surface area contributed by atoms with E-state index in [2.05, 4.69) is 4.74 Å². The minimum atomic E-state index is -1.06. The highest BCUT2D eigenvalue weighted by Gasteiger charge is 2.11. The summed E-state index contributed by atoms with van der Waals surface area (Å²) in [6, 6.07) is 6.24. The number of hydrogen-bond donors (Lipinski definition) is 1. The zero-order chi connectivity index (χ0) is 11.7. The number of ether oxygens (including phenoxy) is 1. The number of halogens is 2. The van der Waals surface area contributed by atoms with Crippen LogP contribution in [0.2, 0.25) is 0 Å². The third-order valence-electron chi connectivity index (χ3n) is 2.44. The molecule has 2 aromatic carbocycles. The van der Waals surface area contributed by atoms with Crippen LogP contribution in [0.4, 0.5) is 14.5 Å². The lowest BCUT2D eigenvalue weighted by atomic mass is 10.0. The van der Waals surface area contributed by atoms with Crippen molar-refractivity contribution in [2.45, 2.75) is 6.92 Å². The summed E-state index contributed by atoms with van der Waals surface area (Å²) >= 11 is 0. The van der Waals surface area contributed by atoms with Gasteiger partial charge in [0.15, 0.2) is 11.6 Å². The molecule has 0 radical (unpaired) electrons. The molecule has 84 valence electrons. The Labute approximate surface area is 91.6 Å². The van der Waals surface area contributed by atoms with Gasteiger partial charge in [-0.3, -0.25) is 0 Å². The highest BCUT2D eigenvalue weighted by atomic mass is 19.1. The third kappa shape index (κ3) is 1.66. The molecule has 2 nitrogen and oxygen atoms in total. The van der Waals surface area contributed by atoms with Gasteiger partial charge in [0.25, 0.3) is 0 Å². The van der Waals surface area contributed by atoms with Gasteiger partial charge in [-0.25, -0.2) is 8.78 Å². The predicted molar refractivity (Wildman–Crippen MR) is 59.7 cm³/mol. The Morgan fingerprint density at radius 2 is 2.06 bits per heavy atom. The van der Waals surface area contributed by atoms with Gasteiger partial charge in [-0.2, -0.15) is 0 Å². The molecule has 0 aromatic heterocycles. The highest BCUT2D eigenvalue weighted by Crippen LogP contribution is 2.33. The molecule has 2 aromatic rings. The smallest absolute Gasteiger partial charge is 0.228 e. The van der Waals surface area contributed by atoms with Gasteiger partial charge in [-0.15, -0.1) is 0 Å². The van der Waals surface area contributed by atoms with Gasteiger partial charge in [0.05, 0.1) is 0 Å². The molecular weight excluding hydrogens is 212 g/mol. The lowest BCUT2D eigenvalue weighted by molar-refractivity contribution is 0.187. The van der Waals surface area contributed by atoms with Crippen LogP contribution in [0.1, 0.15) is 5.56 Å². The lowest BCUT2D eigenvalue weighted by Gasteiger charge is -2.10. The number of nitrogen functional groups attached to an aromatic ring is 1. The first-order valence-corrected chi connectivity index (χ1v) is 4.80. The van der Waals surface area contributed by atoms with Crippen LogP contribution >= 0.6 is 0 Å². The number of hydrogen-bond acceptors (Lipinski definition) is 2. The number of nitrogens with two attached hydrogens (primary N) is 1. The van der Waals surface area contributed by atoms with E-state index >= 15 is 0 Å². The first-order chi connectivity index (χ1) is 7.63. The van der Waals surface area contributed by atoms with Crippen LogP contribution in [-0.4, -0.2) is 6.86 Å². The van der Waals surface area contributed by atoms with E-state index in [0.29, 0.717) is 11.1 Å². The summed E-state index contributed by atoms with van der Waals surface area (Å²) in [5.41, 5.74) is 7.03. The summed E-state index contributed by atoms with van der Waals surface area (Å²) in [7, 11) is 0. The fourth-order valence-corrected chi connectivity index (χ4v) is 1.84. The molecule has 0 aliphatic heterocycles. The molecule has 0 spiro atoms. The molecule has 0 amide bonds. The zero-order valence-corrected chi connectivity index (χ0v) is 8.76. The fraction of sp³-hybridized carbons (Fsp3) is 0.167. The largest absolute Gasteiger partial charge is 0.459 e. The van der Waals surface area contributed by atoms with Gasteiger partial charge in [0.2, 0.25) is 6.86 Å². The molecule has 4 heteroatoms. The van der Waals surface area contributed by atoms with Crippen LogP contribution in [0.5, 0.6) is 5.75 Å². The van der Waals surface area contributed by atoms with Gasteiger partial charge in [-0.05, 0) is 36.1 Å². The van der Waals surface area contributed by atoms with Crippen molar-refractivity contribution in [3.05, 3.63) is 35.6 Å². The number of fused-ring (bicyclic) bond motifs is 1. The molecule has 0 heterocycles. The number of benzene rings is 2. The second-order valence-corrected chi connectivity index (χ2v) is 3.57. The average Bonchev–Trinajstić information content (AvgIpc) is 2.22. The Morgan fingerprint density at radius 1 is 1.31 bits per heavy atom. The van der Waals surface area contributed by atoms with E-state index in [1.54, 1.807) is 25.1 Å². The van der Waals surface area contributed by atoms with E-state index in [0.717, 1.165) is 10.9 Å². The second kappa shape index (κ2) is 3.96. The van der Waals surface area contributed by atoms with Crippen molar-refractivity contribution in [1.82, 2.24) is 0 Å². The van der Waals surface area contributed by atoms with Crippen LogP contribution in [-0.2, 0) is 0 Å². The Hall–Kier alpha value is -1.84. The molecule has 0 fully saturated rings. The predicted octanol–water partition coefficient (Wildman–Crippen LogP) is 3.18. The number of rotatable bonds is 2. The first-order valence-electron chi connectivity index (χ1n) is 4.80. The number of anilines is 1. The van der Waals surface area contributed by atoms with Gasteiger partial charge in [0.1, 0.15) is 0 Å². The quantitative estimate of drug-likeness (QED) is 0.793. The zero-order valence-electron chi connectivity index (χ0n) is 8.76. The van der Waals surface area contributed by atoms with Gasteiger partial charge < -0.3 is 10.5 Å². The summed E-state index contributed by atoms with van der Waals surface area (Å²) in [5, 5.41) is 1.30. The van der Waals surface area contributed by atoms with E-state index in [4.69, 9.17) is 5.73 Å². The SMILES string of the molecule is Cc1cc(N)cc2ccc(F)c(OCF)c12. The van der Waals surface area contributed by atoms with Crippen LogP contribution in [0.3, 0.4) is 0 Å². The fourth-order valence-electron chi connectivity index (χ4n) is 1.84. The molecule has 0 saturated carbocycles. The monoisotopic (exact) mass is 223 g/mol. The Balaban J connectivity index is 2.80. The van der Waals surface area contributed by atoms with Crippen molar-refractivity contribution < 1.29 is 13.5 Å². The minimum absolute atomic E-state index is 0.0579. The molecule has 0 atom stereocenters. The van der Waals surface area contributed by atoms with Crippen molar-refractivity contribution in [2.75, 3.05) is 12.6 Å². The molecule has 0 saturated heterocycles. The van der Waals surface area contributed by atoms with Crippen molar-refractivity contribution >= 4 is 16.5 Å². The minimum Gasteiger partial charge on any atom is -0.459 e. The van der Waals surface area contributed by atoms with Crippen molar-refractivity contribution in [3.63, 3.8) is 0 Å². The summed E-state index contributed by atoms with van der Waals surface area (Å²) in [6.45, 7) is 0.725. The Morgan fingerprint density at radius 3 is 2.75 bits per heavy atom. The normalized spacial score (nSPS) is 10.7. The molecular formula is C12H11F2NO. The third-order valence-corrected chi connectivity index (χ3v) is 2.44. The molecule has 2 N–H and O–H groups in total. The van der Waals surface area contributed by atoms with Crippen LogP contribution in [0.15, 0.2) is 24.3 Å². The Bertz CT molecular complexity index is 540. The van der Waals surface area contributed by atoms with Gasteiger partial charge >= 0.3 is 0 Å². The number of alkyl halides is 1. The van der Waals surface area contributed by atoms with E-state index < -0.39 is 12.7 Å². The van der Waals surface area contributed by atoms with Crippen molar-refractivity contribution in [3.8, 4) is 5.75 Å². The average molecular weight is 223 g/mol. The van der Waals surface area contributed by atoms with E-state index in [-0.39, 0.29) is 5.75 Å². The van der Waals surface area contributed by atoms with E-state index in [1.165, 1.54) is 6.07 Å². The summed E-state index contributed by atoms with van der Waals surface area (Å²) in [4.78, 5) is 0. The molecule has 0 aliphatic rings. The van der Waals surface area contributed by atoms with Crippen molar-refractivity contribution in [2.24, 2.45) is 0 Å². The van der Waals surface area contributed by atoms with E-state index in [1.807, 2.05) is 0 Å². The molecule has 2 rings (SSSR count). The van der Waals surface area contributed by atoms with Crippen molar-refractivity contribution in [1.29, 1.82) is 0 Å². The Kier molecular flexibility index (Phi) is 2.64. The van der Waals surface area contributed by atoms with Crippen LogP contribution in [0.25, 0.3) is 10.8 Å². The molecule has 0 aliphatic carbocycles. The standard InChI is InChI=1S/C12H11F2NO/c1-7-4-9(15)5-8-2-3-10(14)12(11(7)8)16-6-13/h2-5H,6,15H2,1H3. The summed E-state index contributed by atoms with van der Waals surface area (Å²) < 4.78 is 30.3. The van der Waals surface area contributed by atoms with Gasteiger partial charge in [0, 0.05) is 11.1 Å². The maximum atomic E-state index is 13.5. The molecule has 0 unspecified atom stereocenters. The highest BCUT2D eigenvalue weighted by molar-refractivity contribution is 5.93. The maximum Gasteiger partial charge on any atom is 0.228 e. The van der Waals surface area contributed by atoms with E-state index in [9.17, 15) is 8.78 Å². The molecule has 0 bridgehead atoms. The number of aryl methyl sites for hydroxylation is 1. The summed E-state index contributed by atoms with van der Waals surface area (Å²) in [5.74, 6) is -0.629. The molecule has 16 heavy (non-hydrogen) atoms.